The maximum absolute atomic E-state index is 12.2. The number of aromatic nitrogens is 1. The lowest BCUT2D eigenvalue weighted by Gasteiger charge is -2.30. The van der Waals surface area contributed by atoms with E-state index < -0.39 is 0 Å². The number of nitrogens with one attached hydrogen (secondary N) is 1. The molecule has 0 aliphatic carbocycles. The summed E-state index contributed by atoms with van der Waals surface area (Å²) in [6.45, 7) is 9.94. The van der Waals surface area contributed by atoms with Crippen molar-refractivity contribution in [1.29, 1.82) is 0 Å². The molecule has 0 aliphatic rings. The van der Waals surface area contributed by atoms with Crippen molar-refractivity contribution in [2.45, 2.75) is 39.8 Å². The molecule has 24 heavy (non-hydrogen) atoms. The van der Waals surface area contributed by atoms with E-state index in [-0.39, 0.29) is 11.6 Å². The van der Waals surface area contributed by atoms with Crippen LogP contribution < -0.4 is 11.1 Å². The Bertz CT molecular complexity index is 671. The number of nitrogens with zero attached hydrogens (tertiary/aromatic N) is 2. The maximum Gasteiger partial charge on any atom is 0.273 e. The molecule has 0 bridgehead atoms. The highest BCUT2D eigenvalue weighted by Gasteiger charge is 2.16. The lowest BCUT2D eigenvalue weighted by molar-refractivity contribution is 0.0934. The van der Waals surface area contributed by atoms with E-state index in [1.165, 1.54) is 6.26 Å². The van der Waals surface area contributed by atoms with Crippen molar-refractivity contribution < 1.29 is 9.21 Å². The van der Waals surface area contributed by atoms with Gasteiger partial charge in [0.05, 0.1) is 5.56 Å². The van der Waals surface area contributed by atoms with E-state index in [0.29, 0.717) is 35.8 Å². The summed E-state index contributed by atoms with van der Waals surface area (Å²) in [5.74, 6) is 0.108. The molecule has 6 nitrogen and oxygen atoms in total. The first-order valence-electron chi connectivity index (χ1n) is 8.24. The van der Waals surface area contributed by atoms with Crippen LogP contribution in [-0.4, -0.2) is 41.0 Å². The molecule has 1 amide bonds. The van der Waals surface area contributed by atoms with Gasteiger partial charge in [-0.1, -0.05) is 12.1 Å². The number of hydrogen-bond acceptors (Lipinski definition) is 5. The molecule has 0 aliphatic heterocycles. The standard InChI is InChI=1S/C18H26N4O2/c1-12(2)22(13(3)4)10-9-20-17(23)16-11-24-18(21-16)14-7-5-6-8-15(14)19/h5-8,11-13H,9-10,19H2,1-4H3,(H,20,23). The van der Waals surface area contributed by atoms with Crippen LogP contribution in [0.25, 0.3) is 11.5 Å². The van der Waals surface area contributed by atoms with Gasteiger partial charge in [0.2, 0.25) is 5.89 Å². The molecule has 0 unspecified atom stereocenters. The first-order chi connectivity index (χ1) is 11.4. The van der Waals surface area contributed by atoms with Gasteiger partial charge in [0, 0.05) is 30.9 Å². The van der Waals surface area contributed by atoms with Gasteiger partial charge in [-0.15, -0.1) is 0 Å². The number of carbonyl (C=O) groups is 1. The molecule has 2 aromatic rings. The van der Waals surface area contributed by atoms with Gasteiger partial charge >= 0.3 is 0 Å². The number of carbonyl (C=O) groups excluding carboxylic acids is 1. The van der Waals surface area contributed by atoms with Crippen molar-refractivity contribution in [2.24, 2.45) is 0 Å². The Morgan fingerprint density at radius 3 is 2.54 bits per heavy atom. The first kappa shape index (κ1) is 18.0. The zero-order valence-electron chi connectivity index (χ0n) is 14.7. The van der Waals surface area contributed by atoms with Gasteiger partial charge in [-0.05, 0) is 39.8 Å². The molecule has 1 aromatic carbocycles. The molecular weight excluding hydrogens is 304 g/mol. The second kappa shape index (κ2) is 7.97. The average Bonchev–Trinajstić information content (AvgIpc) is 3.00. The van der Waals surface area contributed by atoms with Gasteiger partial charge in [0.15, 0.2) is 5.69 Å². The summed E-state index contributed by atoms with van der Waals surface area (Å²) in [5, 5.41) is 2.88. The van der Waals surface area contributed by atoms with Crippen LogP contribution in [0.3, 0.4) is 0 Å². The zero-order valence-corrected chi connectivity index (χ0v) is 14.7. The number of hydrogen-bond donors (Lipinski definition) is 2. The summed E-state index contributed by atoms with van der Waals surface area (Å²) in [4.78, 5) is 18.8. The molecular formula is C18H26N4O2. The number of amides is 1. The summed E-state index contributed by atoms with van der Waals surface area (Å²) in [6, 6.07) is 8.13. The van der Waals surface area contributed by atoms with Crippen LogP contribution >= 0.6 is 0 Å². The van der Waals surface area contributed by atoms with Crippen molar-refractivity contribution in [3.8, 4) is 11.5 Å². The molecule has 6 heteroatoms. The normalized spacial score (nSPS) is 11.5. The van der Waals surface area contributed by atoms with E-state index in [9.17, 15) is 4.79 Å². The Labute approximate surface area is 143 Å². The van der Waals surface area contributed by atoms with E-state index in [4.69, 9.17) is 10.2 Å². The largest absolute Gasteiger partial charge is 0.444 e. The molecule has 3 N–H and O–H groups in total. The lowest BCUT2D eigenvalue weighted by Crippen LogP contribution is -2.42. The third kappa shape index (κ3) is 4.35. The number of benzene rings is 1. The average molecular weight is 330 g/mol. The fraction of sp³-hybridized carbons (Fsp3) is 0.444. The topological polar surface area (TPSA) is 84.4 Å². The van der Waals surface area contributed by atoms with Gasteiger partial charge in [-0.3, -0.25) is 9.69 Å². The molecule has 0 saturated carbocycles. The van der Waals surface area contributed by atoms with Crippen molar-refractivity contribution in [2.75, 3.05) is 18.8 Å². The minimum atomic E-state index is -0.244. The predicted molar refractivity (Wildman–Crippen MR) is 95.7 cm³/mol. The Morgan fingerprint density at radius 1 is 1.25 bits per heavy atom. The van der Waals surface area contributed by atoms with Crippen LogP contribution in [0.5, 0.6) is 0 Å². The molecule has 1 heterocycles. The molecule has 1 aromatic heterocycles. The summed E-state index contributed by atoms with van der Waals surface area (Å²) in [5.41, 5.74) is 7.41. The van der Waals surface area contributed by atoms with Gasteiger partial charge < -0.3 is 15.5 Å². The smallest absolute Gasteiger partial charge is 0.273 e. The summed E-state index contributed by atoms with van der Waals surface area (Å²) >= 11 is 0. The second-order valence-electron chi connectivity index (χ2n) is 6.31. The predicted octanol–water partition coefficient (Wildman–Crippen LogP) is 2.77. The third-order valence-corrected chi connectivity index (χ3v) is 3.91. The van der Waals surface area contributed by atoms with E-state index in [1.807, 2.05) is 18.2 Å². The van der Waals surface area contributed by atoms with Gasteiger partial charge in [-0.2, -0.15) is 0 Å². The highest BCUT2D eigenvalue weighted by molar-refractivity contribution is 5.92. The van der Waals surface area contributed by atoms with Crippen LogP contribution in [-0.2, 0) is 0 Å². The van der Waals surface area contributed by atoms with Gasteiger partial charge in [0.1, 0.15) is 6.26 Å². The third-order valence-electron chi connectivity index (χ3n) is 3.91. The molecule has 0 radical (unpaired) electrons. The lowest BCUT2D eigenvalue weighted by atomic mass is 10.2. The Morgan fingerprint density at radius 2 is 1.92 bits per heavy atom. The Balaban J connectivity index is 1.96. The van der Waals surface area contributed by atoms with E-state index >= 15 is 0 Å². The number of para-hydroxylation sites is 1. The fourth-order valence-electron chi connectivity index (χ4n) is 2.70. The number of oxazole rings is 1. The number of nitrogen functional groups attached to an aromatic ring is 1. The highest BCUT2D eigenvalue weighted by atomic mass is 16.3. The SMILES string of the molecule is CC(C)N(CCNC(=O)c1coc(-c2ccccc2N)n1)C(C)C. The second-order valence-corrected chi connectivity index (χ2v) is 6.31. The van der Waals surface area contributed by atoms with Gasteiger partial charge in [0.25, 0.3) is 5.91 Å². The van der Waals surface area contributed by atoms with Gasteiger partial charge in [-0.25, -0.2) is 4.98 Å². The fourth-order valence-corrected chi connectivity index (χ4v) is 2.70. The first-order valence-corrected chi connectivity index (χ1v) is 8.24. The van der Waals surface area contributed by atoms with Crippen LogP contribution in [0.1, 0.15) is 38.2 Å². The molecule has 130 valence electrons. The monoisotopic (exact) mass is 330 g/mol. The van der Waals surface area contributed by atoms with E-state index in [0.717, 1.165) is 6.54 Å². The number of anilines is 1. The van der Waals surface area contributed by atoms with Crippen LogP contribution in [0.15, 0.2) is 34.9 Å². The molecule has 0 spiro atoms. The van der Waals surface area contributed by atoms with Crippen LogP contribution in [0.2, 0.25) is 0 Å². The molecule has 2 rings (SSSR count). The van der Waals surface area contributed by atoms with Crippen molar-refractivity contribution in [3.05, 3.63) is 36.2 Å². The number of rotatable bonds is 7. The van der Waals surface area contributed by atoms with Crippen LogP contribution in [0.4, 0.5) is 5.69 Å². The minimum absolute atomic E-state index is 0.244. The number of nitrogens with two attached hydrogens (primary N) is 1. The highest BCUT2D eigenvalue weighted by Crippen LogP contribution is 2.24. The molecule has 0 saturated heterocycles. The van der Waals surface area contributed by atoms with Crippen molar-refractivity contribution in [3.63, 3.8) is 0 Å². The van der Waals surface area contributed by atoms with Crippen molar-refractivity contribution >= 4 is 11.6 Å². The Hall–Kier alpha value is -2.34. The van der Waals surface area contributed by atoms with E-state index in [1.54, 1.807) is 6.07 Å². The molecule has 0 atom stereocenters. The molecule has 0 fully saturated rings. The maximum atomic E-state index is 12.2. The summed E-state index contributed by atoms with van der Waals surface area (Å²) < 4.78 is 5.39. The summed E-state index contributed by atoms with van der Waals surface area (Å²) in [7, 11) is 0. The van der Waals surface area contributed by atoms with Crippen LogP contribution in [0, 0.1) is 0 Å². The van der Waals surface area contributed by atoms with Crippen molar-refractivity contribution in [1.82, 2.24) is 15.2 Å². The zero-order chi connectivity index (χ0) is 17.7. The minimum Gasteiger partial charge on any atom is -0.444 e. The Kier molecular flexibility index (Phi) is 5.98. The quantitative estimate of drug-likeness (QED) is 0.763. The summed E-state index contributed by atoms with van der Waals surface area (Å²) in [6.07, 6.45) is 1.36. The van der Waals surface area contributed by atoms with E-state index in [2.05, 4.69) is 42.9 Å².